The zero-order valence-electron chi connectivity index (χ0n) is 16.3. The molecule has 0 bridgehead atoms. The van der Waals surface area contributed by atoms with Crippen molar-refractivity contribution in [3.8, 4) is 11.5 Å². The fraction of sp³-hybridized carbons (Fsp3) is 0.182. The Labute approximate surface area is 187 Å². The Morgan fingerprint density at radius 3 is 2.59 bits per heavy atom. The molecule has 3 rings (SSSR count). The second-order valence-electron chi connectivity index (χ2n) is 6.26. The molecule has 0 saturated heterocycles. The van der Waals surface area contributed by atoms with E-state index in [4.69, 9.17) is 4.74 Å². The number of rotatable bonds is 6. The van der Waals surface area contributed by atoms with Crippen LogP contribution in [0.2, 0.25) is 0 Å². The first-order valence-corrected chi connectivity index (χ1v) is 9.04. The third-order valence-electron chi connectivity index (χ3n) is 4.19. The molecule has 0 spiro atoms. The van der Waals surface area contributed by atoms with Crippen LogP contribution in [-0.2, 0) is 6.54 Å². The van der Waals surface area contributed by atoms with Crippen molar-refractivity contribution in [1.82, 2.24) is 15.6 Å². The zero-order chi connectivity index (χ0) is 19.8. The van der Waals surface area contributed by atoms with Gasteiger partial charge in [0, 0.05) is 19.8 Å². The van der Waals surface area contributed by atoms with Crippen molar-refractivity contribution in [3.63, 3.8) is 0 Å². The summed E-state index contributed by atoms with van der Waals surface area (Å²) in [5.41, 5.74) is 1.94. The molecule has 0 aliphatic rings. The highest BCUT2D eigenvalue weighted by atomic mass is 127. The van der Waals surface area contributed by atoms with E-state index >= 15 is 0 Å². The minimum Gasteiger partial charge on any atom is -0.453 e. The van der Waals surface area contributed by atoms with Gasteiger partial charge < -0.3 is 15.4 Å². The number of hydrogen-bond acceptors (Lipinski definition) is 3. The van der Waals surface area contributed by atoms with Crippen LogP contribution in [0, 0.1) is 5.82 Å². The molecule has 2 aromatic carbocycles. The Hall–Kier alpha value is -2.68. The van der Waals surface area contributed by atoms with Gasteiger partial charge in [-0.3, -0.25) is 9.98 Å². The molecule has 1 aromatic heterocycles. The zero-order valence-corrected chi connectivity index (χ0v) is 18.6. The van der Waals surface area contributed by atoms with Crippen LogP contribution in [0.3, 0.4) is 0 Å². The molecule has 1 atom stereocenters. The Morgan fingerprint density at radius 2 is 1.93 bits per heavy atom. The summed E-state index contributed by atoms with van der Waals surface area (Å²) in [7, 11) is 1.71. The number of guanidine groups is 1. The SMILES string of the molecule is CN=C(NCc1ccc(Oc2cccnc2)c(F)c1)NC(C)c1ccccc1.I. The second-order valence-corrected chi connectivity index (χ2v) is 6.26. The first-order valence-electron chi connectivity index (χ1n) is 9.04. The lowest BCUT2D eigenvalue weighted by Gasteiger charge is -2.18. The second kappa shape index (κ2) is 11.4. The number of nitrogens with zero attached hydrogens (tertiary/aromatic N) is 2. The van der Waals surface area contributed by atoms with E-state index in [0.717, 1.165) is 11.1 Å². The molecule has 3 aromatic rings. The molecule has 5 nitrogen and oxygen atoms in total. The van der Waals surface area contributed by atoms with Crippen molar-refractivity contribution >= 4 is 29.9 Å². The Balaban J connectivity index is 0.00000300. The smallest absolute Gasteiger partial charge is 0.191 e. The number of halogens is 2. The van der Waals surface area contributed by atoms with E-state index < -0.39 is 5.82 Å². The van der Waals surface area contributed by atoms with Gasteiger partial charge in [0.2, 0.25) is 0 Å². The highest BCUT2D eigenvalue weighted by Crippen LogP contribution is 2.24. The van der Waals surface area contributed by atoms with Crippen LogP contribution in [-0.4, -0.2) is 18.0 Å². The summed E-state index contributed by atoms with van der Waals surface area (Å²) in [5.74, 6) is 0.875. The molecule has 1 heterocycles. The number of ether oxygens (including phenoxy) is 1. The van der Waals surface area contributed by atoms with E-state index in [1.807, 2.05) is 24.3 Å². The average molecular weight is 506 g/mol. The Kier molecular flexibility index (Phi) is 8.85. The third kappa shape index (κ3) is 6.70. The summed E-state index contributed by atoms with van der Waals surface area (Å²) < 4.78 is 19.9. The number of benzene rings is 2. The summed E-state index contributed by atoms with van der Waals surface area (Å²) >= 11 is 0. The van der Waals surface area contributed by atoms with Gasteiger partial charge in [-0.1, -0.05) is 36.4 Å². The minimum atomic E-state index is -0.427. The maximum atomic E-state index is 14.4. The van der Waals surface area contributed by atoms with E-state index in [-0.39, 0.29) is 35.8 Å². The summed E-state index contributed by atoms with van der Waals surface area (Å²) in [6.07, 6.45) is 3.18. The fourth-order valence-corrected chi connectivity index (χ4v) is 2.68. The minimum absolute atomic E-state index is 0. The largest absolute Gasteiger partial charge is 0.453 e. The van der Waals surface area contributed by atoms with E-state index in [2.05, 4.69) is 39.7 Å². The standard InChI is InChI=1S/C22H23FN4O.HI/c1-16(18-7-4-3-5-8-18)27-22(24-2)26-14-17-10-11-21(20(23)13-17)28-19-9-6-12-25-15-19;/h3-13,15-16H,14H2,1-2H3,(H2,24,26,27);1H. The lowest BCUT2D eigenvalue weighted by Crippen LogP contribution is -2.38. The van der Waals surface area contributed by atoms with Gasteiger partial charge in [-0.05, 0) is 42.3 Å². The number of pyridine rings is 1. The van der Waals surface area contributed by atoms with Gasteiger partial charge in [-0.2, -0.15) is 0 Å². The lowest BCUT2D eigenvalue weighted by molar-refractivity contribution is 0.440. The maximum absolute atomic E-state index is 14.4. The molecule has 0 aliphatic carbocycles. The molecule has 0 amide bonds. The van der Waals surface area contributed by atoms with Crippen molar-refractivity contribution in [2.75, 3.05) is 7.05 Å². The predicted molar refractivity (Wildman–Crippen MR) is 124 cm³/mol. The van der Waals surface area contributed by atoms with Crippen LogP contribution in [0.25, 0.3) is 0 Å². The highest BCUT2D eigenvalue weighted by Gasteiger charge is 2.09. The molecular weight excluding hydrogens is 482 g/mol. The Morgan fingerprint density at radius 1 is 1.14 bits per heavy atom. The van der Waals surface area contributed by atoms with Crippen LogP contribution >= 0.6 is 24.0 Å². The van der Waals surface area contributed by atoms with Gasteiger partial charge in [-0.15, -0.1) is 24.0 Å². The molecule has 0 radical (unpaired) electrons. The van der Waals surface area contributed by atoms with Crippen molar-refractivity contribution in [2.45, 2.75) is 19.5 Å². The van der Waals surface area contributed by atoms with E-state index in [0.29, 0.717) is 18.3 Å². The van der Waals surface area contributed by atoms with Crippen LogP contribution in [0.5, 0.6) is 11.5 Å². The van der Waals surface area contributed by atoms with Crippen molar-refractivity contribution in [2.24, 2.45) is 4.99 Å². The maximum Gasteiger partial charge on any atom is 0.191 e. The monoisotopic (exact) mass is 506 g/mol. The Bertz CT molecular complexity index is 923. The first-order chi connectivity index (χ1) is 13.7. The summed E-state index contributed by atoms with van der Waals surface area (Å²) in [6.45, 7) is 2.50. The summed E-state index contributed by atoms with van der Waals surface area (Å²) in [6, 6.07) is 18.5. The van der Waals surface area contributed by atoms with Crippen molar-refractivity contribution in [1.29, 1.82) is 0 Å². The van der Waals surface area contributed by atoms with Crippen LogP contribution in [0.4, 0.5) is 4.39 Å². The predicted octanol–water partition coefficient (Wildman–Crippen LogP) is 5.06. The van der Waals surface area contributed by atoms with Crippen LogP contribution < -0.4 is 15.4 Å². The molecule has 1 unspecified atom stereocenters. The van der Waals surface area contributed by atoms with Crippen LogP contribution in [0.1, 0.15) is 24.1 Å². The normalized spacial score (nSPS) is 11.9. The van der Waals surface area contributed by atoms with Gasteiger partial charge >= 0.3 is 0 Å². The van der Waals surface area contributed by atoms with Gasteiger partial charge in [0.1, 0.15) is 5.75 Å². The van der Waals surface area contributed by atoms with Gasteiger partial charge in [-0.25, -0.2) is 4.39 Å². The third-order valence-corrected chi connectivity index (χ3v) is 4.19. The number of hydrogen-bond donors (Lipinski definition) is 2. The van der Waals surface area contributed by atoms with E-state index in [1.165, 1.54) is 6.07 Å². The molecule has 2 N–H and O–H groups in total. The number of aromatic nitrogens is 1. The summed E-state index contributed by atoms with van der Waals surface area (Å²) in [4.78, 5) is 8.19. The number of aliphatic imine (C=N–C) groups is 1. The molecule has 152 valence electrons. The van der Waals surface area contributed by atoms with Gasteiger partial charge in [0.15, 0.2) is 17.5 Å². The highest BCUT2D eigenvalue weighted by molar-refractivity contribution is 14.0. The van der Waals surface area contributed by atoms with E-state index in [9.17, 15) is 4.39 Å². The van der Waals surface area contributed by atoms with Gasteiger partial charge in [0.05, 0.1) is 12.2 Å². The van der Waals surface area contributed by atoms with Crippen molar-refractivity contribution in [3.05, 3.63) is 90.0 Å². The molecule has 0 aliphatic heterocycles. The first kappa shape index (κ1) is 22.6. The molecule has 0 fully saturated rings. The molecule has 0 saturated carbocycles. The molecule has 29 heavy (non-hydrogen) atoms. The van der Waals surface area contributed by atoms with Crippen LogP contribution in [0.15, 0.2) is 78.0 Å². The summed E-state index contributed by atoms with van der Waals surface area (Å²) in [5, 5.41) is 6.53. The van der Waals surface area contributed by atoms with Crippen molar-refractivity contribution < 1.29 is 9.13 Å². The van der Waals surface area contributed by atoms with Gasteiger partial charge in [0.25, 0.3) is 0 Å². The molecular formula is C22H24FIN4O. The molecule has 7 heteroatoms. The fourth-order valence-electron chi connectivity index (χ4n) is 2.68. The van der Waals surface area contributed by atoms with E-state index in [1.54, 1.807) is 37.6 Å². The topological polar surface area (TPSA) is 58.5 Å². The number of nitrogens with one attached hydrogen (secondary N) is 2. The quantitative estimate of drug-likeness (QED) is 0.279. The average Bonchev–Trinajstić information content (AvgIpc) is 2.74. The lowest BCUT2D eigenvalue weighted by atomic mass is 10.1.